The van der Waals surface area contributed by atoms with Gasteiger partial charge in [0.2, 0.25) is 0 Å². The van der Waals surface area contributed by atoms with E-state index in [0.717, 1.165) is 10.4 Å². The quantitative estimate of drug-likeness (QED) is 0.417. The lowest BCUT2D eigenvalue weighted by atomic mass is 9.96. The van der Waals surface area contributed by atoms with Crippen LogP contribution in [0.4, 0.5) is 0 Å². The summed E-state index contributed by atoms with van der Waals surface area (Å²) in [5, 5.41) is 9.75. The Balaban J connectivity index is 2.38. The van der Waals surface area contributed by atoms with Gasteiger partial charge < -0.3 is 0 Å². The van der Waals surface area contributed by atoms with Crippen molar-refractivity contribution in [3.8, 4) is 0 Å². The Hall–Kier alpha value is -2.60. The van der Waals surface area contributed by atoms with Gasteiger partial charge in [-0.15, -0.1) is 0 Å². The number of fused-ring (bicyclic) bond motifs is 5. The van der Waals surface area contributed by atoms with Gasteiger partial charge in [-0.3, -0.25) is 0 Å². The molecule has 0 radical (unpaired) electrons. The molecule has 94 valence electrons. The van der Waals surface area contributed by atoms with Gasteiger partial charge in [0.1, 0.15) is 0 Å². The molecule has 0 spiro atoms. The van der Waals surface area contributed by atoms with Gasteiger partial charge in [-0.25, -0.2) is 0 Å². The second kappa shape index (κ2) is 3.94. The van der Waals surface area contributed by atoms with E-state index in [4.69, 9.17) is 0 Å². The van der Waals surface area contributed by atoms with E-state index in [9.17, 15) is 0 Å². The van der Waals surface area contributed by atoms with E-state index in [1.807, 2.05) is 0 Å². The van der Waals surface area contributed by atoms with E-state index in [1.54, 1.807) is 0 Å². The van der Waals surface area contributed by atoms with Crippen molar-refractivity contribution in [2.24, 2.45) is 0 Å². The average molecular weight is 254 g/mol. The molecular weight excluding hydrogens is 240 g/mol. The predicted octanol–water partition coefficient (Wildman–Crippen LogP) is 3.97. The van der Waals surface area contributed by atoms with Crippen LogP contribution < -0.4 is 10.4 Å². The molecule has 4 rings (SSSR count). The minimum absolute atomic E-state index is 1.05. The zero-order chi connectivity index (χ0) is 13.7. The lowest BCUT2D eigenvalue weighted by Crippen LogP contribution is -1.96. The van der Waals surface area contributed by atoms with Crippen LogP contribution in [0.5, 0.6) is 0 Å². The molecule has 0 saturated carbocycles. The molecule has 0 unspecified atom stereocenters. The van der Waals surface area contributed by atoms with Crippen molar-refractivity contribution in [2.75, 3.05) is 0 Å². The number of hydrogen-bond donors (Lipinski definition) is 0. The molecule has 0 aliphatic rings. The summed E-state index contributed by atoms with van der Waals surface area (Å²) in [6, 6.07) is 21.5. The molecule has 0 aliphatic carbocycles. The molecule has 0 N–H and O–H groups in total. The highest BCUT2D eigenvalue weighted by atomic mass is 14.1. The summed E-state index contributed by atoms with van der Waals surface area (Å²) in [5.41, 5.74) is 0. The summed E-state index contributed by atoms with van der Waals surface area (Å²) in [6.45, 7) is 8.08. The highest BCUT2D eigenvalue weighted by Gasteiger charge is 2.04. The second-order valence-electron chi connectivity index (χ2n) is 5.34. The van der Waals surface area contributed by atoms with E-state index in [2.05, 4.69) is 73.8 Å². The molecule has 0 atom stereocenters. The standard InChI is InChI=1S/C20H14/c1-13-4-10-18-17(11-13)9-8-16-7-6-15-5-3-14(2)12-19(15)20(16)18/h3-12H,1-2H2. The highest BCUT2D eigenvalue weighted by Crippen LogP contribution is 2.30. The fraction of sp³-hybridized carbons (Fsp3) is 0. The summed E-state index contributed by atoms with van der Waals surface area (Å²) < 4.78 is 0. The van der Waals surface area contributed by atoms with E-state index < -0.39 is 0 Å². The fourth-order valence-corrected chi connectivity index (χ4v) is 2.98. The van der Waals surface area contributed by atoms with Crippen LogP contribution >= 0.6 is 0 Å². The maximum absolute atomic E-state index is 4.06. The van der Waals surface area contributed by atoms with Gasteiger partial charge >= 0.3 is 0 Å². The molecule has 4 aromatic rings. The summed E-state index contributed by atoms with van der Waals surface area (Å²) in [5.74, 6) is 0. The van der Waals surface area contributed by atoms with Gasteiger partial charge in [0.15, 0.2) is 0 Å². The average Bonchev–Trinajstić information content (AvgIpc) is 2.46. The van der Waals surface area contributed by atoms with Crippen LogP contribution in [0.1, 0.15) is 0 Å². The third kappa shape index (κ3) is 1.55. The monoisotopic (exact) mass is 254 g/mol. The van der Waals surface area contributed by atoms with Gasteiger partial charge in [-0.2, -0.15) is 0 Å². The summed E-state index contributed by atoms with van der Waals surface area (Å²) in [7, 11) is 0. The minimum atomic E-state index is 1.05. The predicted molar refractivity (Wildman–Crippen MR) is 89.3 cm³/mol. The van der Waals surface area contributed by atoms with E-state index >= 15 is 0 Å². The second-order valence-corrected chi connectivity index (χ2v) is 5.34. The van der Waals surface area contributed by atoms with Crippen LogP contribution in [0.15, 0.2) is 60.7 Å². The molecular formula is C20H14. The minimum Gasteiger partial charge on any atom is -0.0917 e. The van der Waals surface area contributed by atoms with Crippen molar-refractivity contribution < 1.29 is 0 Å². The Morgan fingerprint density at radius 1 is 0.500 bits per heavy atom. The van der Waals surface area contributed by atoms with Crippen molar-refractivity contribution in [2.45, 2.75) is 0 Å². The largest absolute Gasteiger partial charge is 0.0917 e. The number of hydrogen-bond acceptors (Lipinski definition) is 0. The van der Waals surface area contributed by atoms with Crippen LogP contribution in [0.2, 0.25) is 0 Å². The van der Waals surface area contributed by atoms with E-state index in [1.165, 1.54) is 32.3 Å². The Labute approximate surface area is 117 Å². The summed E-state index contributed by atoms with van der Waals surface area (Å²) in [6.07, 6.45) is 0. The fourth-order valence-electron chi connectivity index (χ4n) is 2.98. The van der Waals surface area contributed by atoms with Gasteiger partial charge in [-0.1, -0.05) is 61.7 Å². The zero-order valence-electron chi connectivity index (χ0n) is 11.2. The van der Waals surface area contributed by atoms with Crippen molar-refractivity contribution in [3.05, 3.63) is 71.1 Å². The van der Waals surface area contributed by atoms with Gasteiger partial charge in [0.25, 0.3) is 0 Å². The molecule has 0 nitrogen and oxygen atoms in total. The Bertz CT molecular complexity index is 1070. The Kier molecular flexibility index (Phi) is 2.22. The Morgan fingerprint density at radius 3 is 1.95 bits per heavy atom. The molecule has 0 heteroatoms. The normalized spacial score (nSPS) is 11.4. The van der Waals surface area contributed by atoms with Crippen LogP contribution in [-0.2, 0) is 0 Å². The van der Waals surface area contributed by atoms with Gasteiger partial charge in [0, 0.05) is 0 Å². The van der Waals surface area contributed by atoms with Crippen molar-refractivity contribution >= 4 is 45.5 Å². The first-order valence-corrected chi connectivity index (χ1v) is 6.75. The summed E-state index contributed by atoms with van der Waals surface area (Å²) in [4.78, 5) is 0. The van der Waals surface area contributed by atoms with Crippen LogP contribution in [0.3, 0.4) is 0 Å². The Morgan fingerprint density at radius 2 is 1.10 bits per heavy atom. The number of benzene rings is 4. The summed E-state index contributed by atoms with van der Waals surface area (Å²) >= 11 is 0. The van der Waals surface area contributed by atoms with Gasteiger partial charge in [0.05, 0.1) is 0 Å². The molecule has 0 amide bonds. The first-order valence-electron chi connectivity index (χ1n) is 6.75. The van der Waals surface area contributed by atoms with E-state index in [-0.39, 0.29) is 0 Å². The topological polar surface area (TPSA) is 0 Å². The lowest BCUT2D eigenvalue weighted by Gasteiger charge is -2.08. The van der Waals surface area contributed by atoms with Crippen molar-refractivity contribution in [1.82, 2.24) is 0 Å². The lowest BCUT2D eigenvalue weighted by molar-refractivity contribution is 1.69. The first-order chi connectivity index (χ1) is 9.72. The van der Waals surface area contributed by atoms with Crippen LogP contribution in [-0.4, -0.2) is 0 Å². The molecule has 0 fully saturated rings. The smallest absolute Gasteiger partial charge is 0.00266 e. The molecule has 0 bridgehead atoms. The van der Waals surface area contributed by atoms with Gasteiger partial charge in [-0.05, 0) is 54.9 Å². The number of rotatable bonds is 0. The highest BCUT2D eigenvalue weighted by molar-refractivity contribution is 6.20. The third-order valence-corrected chi connectivity index (χ3v) is 3.95. The van der Waals surface area contributed by atoms with E-state index in [0.29, 0.717) is 0 Å². The van der Waals surface area contributed by atoms with Crippen LogP contribution in [0, 0.1) is 0 Å². The third-order valence-electron chi connectivity index (χ3n) is 3.95. The molecule has 0 aromatic heterocycles. The zero-order valence-corrected chi connectivity index (χ0v) is 11.2. The molecule has 4 aromatic carbocycles. The maximum atomic E-state index is 4.06. The molecule has 0 heterocycles. The SMILES string of the molecule is C=c1ccc2c(ccc3ccc4ccc(=C)cc4c32)c1. The van der Waals surface area contributed by atoms with Crippen molar-refractivity contribution in [1.29, 1.82) is 0 Å². The molecule has 0 aliphatic heterocycles. The van der Waals surface area contributed by atoms with Crippen LogP contribution in [0.25, 0.3) is 45.5 Å². The van der Waals surface area contributed by atoms with Crippen molar-refractivity contribution in [3.63, 3.8) is 0 Å². The molecule has 20 heavy (non-hydrogen) atoms. The maximum Gasteiger partial charge on any atom is -0.00266 e. The molecule has 0 saturated heterocycles. The first kappa shape index (κ1) is 11.2.